The van der Waals surface area contributed by atoms with Gasteiger partial charge >= 0.3 is 0 Å². The molecule has 8 heteroatoms. The van der Waals surface area contributed by atoms with E-state index >= 15 is 0 Å². The van der Waals surface area contributed by atoms with Gasteiger partial charge in [0, 0.05) is 29.6 Å². The SMILES string of the molecule is CCN(CC)C(=O)CCN=C(N)NC(C)c1ccc(Cl)cc1Cl.I. The molecule has 0 aliphatic rings. The van der Waals surface area contributed by atoms with Crippen LogP contribution in [0.5, 0.6) is 0 Å². The number of hydrogen-bond donors (Lipinski definition) is 2. The first kappa shape index (κ1) is 23.3. The summed E-state index contributed by atoms with van der Waals surface area (Å²) in [6.45, 7) is 7.61. The van der Waals surface area contributed by atoms with Crippen molar-refractivity contribution in [1.82, 2.24) is 10.2 Å². The summed E-state index contributed by atoms with van der Waals surface area (Å²) in [5.74, 6) is 0.371. The Hall–Kier alpha value is -0.730. The second kappa shape index (κ2) is 11.8. The van der Waals surface area contributed by atoms with Crippen LogP contribution in [0.25, 0.3) is 0 Å². The molecular weight excluding hydrogens is 462 g/mol. The first-order chi connectivity index (χ1) is 10.9. The summed E-state index contributed by atoms with van der Waals surface area (Å²) in [5, 5.41) is 4.22. The Bertz CT molecular complexity index is 565. The molecule has 0 heterocycles. The smallest absolute Gasteiger partial charge is 0.224 e. The lowest BCUT2D eigenvalue weighted by atomic mass is 10.1. The predicted molar refractivity (Wildman–Crippen MR) is 112 cm³/mol. The third kappa shape index (κ3) is 7.44. The van der Waals surface area contributed by atoms with Crippen molar-refractivity contribution in [3.8, 4) is 0 Å². The number of nitrogens with zero attached hydrogens (tertiary/aromatic N) is 2. The van der Waals surface area contributed by atoms with Gasteiger partial charge in [0.05, 0.1) is 12.6 Å². The van der Waals surface area contributed by atoms with E-state index in [9.17, 15) is 4.79 Å². The lowest BCUT2D eigenvalue weighted by Gasteiger charge is -2.18. The van der Waals surface area contributed by atoms with Gasteiger partial charge in [-0.2, -0.15) is 0 Å². The Labute approximate surface area is 171 Å². The fourth-order valence-electron chi connectivity index (χ4n) is 2.20. The van der Waals surface area contributed by atoms with E-state index in [1.807, 2.05) is 26.8 Å². The van der Waals surface area contributed by atoms with Gasteiger partial charge in [0.15, 0.2) is 5.96 Å². The van der Waals surface area contributed by atoms with E-state index in [0.717, 1.165) is 5.56 Å². The number of carbonyl (C=O) groups excluding carboxylic acids is 1. The Kier molecular flexibility index (Phi) is 11.4. The molecule has 0 saturated heterocycles. The first-order valence-electron chi connectivity index (χ1n) is 7.68. The van der Waals surface area contributed by atoms with Crippen molar-refractivity contribution in [3.05, 3.63) is 33.8 Å². The lowest BCUT2D eigenvalue weighted by Crippen LogP contribution is -2.35. The predicted octanol–water partition coefficient (Wildman–Crippen LogP) is 3.84. The molecule has 0 saturated carbocycles. The highest BCUT2D eigenvalue weighted by Crippen LogP contribution is 2.25. The Morgan fingerprint density at radius 3 is 2.50 bits per heavy atom. The van der Waals surface area contributed by atoms with Crippen molar-refractivity contribution < 1.29 is 4.79 Å². The average molecular weight is 487 g/mol. The number of amides is 1. The highest BCUT2D eigenvalue weighted by atomic mass is 127. The second-order valence-electron chi connectivity index (χ2n) is 5.11. The third-order valence-electron chi connectivity index (χ3n) is 3.52. The molecule has 0 bridgehead atoms. The molecule has 5 nitrogen and oxygen atoms in total. The molecule has 0 aliphatic carbocycles. The van der Waals surface area contributed by atoms with Gasteiger partial charge < -0.3 is 16.0 Å². The van der Waals surface area contributed by atoms with E-state index in [2.05, 4.69) is 10.3 Å². The van der Waals surface area contributed by atoms with Crippen molar-refractivity contribution in [2.45, 2.75) is 33.2 Å². The maximum atomic E-state index is 11.9. The number of rotatable bonds is 7. The summed E-state index contributed by atoms with van der Waals surface area (Å²) in [7, 11) is 0. The maximum Gasteiger partial charge on any atom is 0.224 e. The van der Waals surface area contributed by atoms with E-state index < -0.39 is 0 Å². The molecule has 136 valence electrons. The summed E-state index contributed by atoms with van der Waals surface area (Å²) in [4.78, 5) is 17.8. The molecule has 0 radical (unpaired) electrons. The summed E-state index contributed by atoms with van der Waals surface area (Å²) in [5.41, 5.74) is 6.75. The van der Waals surface area contributed by atoms with Crippen molar-refractivity contribution in [3.63, 3.8) is 0 Å². The molecule has 1 atom stereocenters. The van der Waals surface area contributed by atoms with Crippen molar-refractivity contribution in [2.75, 3.05) is 19.6 Å². The van der Waals surface area contributed by atoms with Gasteiger partial charge in [-0.1, -0.05) is 29.3 Å². The molecule has 1 aromatic carbocycles. The molecule has 0 fully saturated rings. The topological polar surface area (TPSA) is 70.7 Å². The van der Waals surface area contributed by atoms with Crippen molar-refractivity contribution in [1.29, 1.82) is 0 Å². The van der Waals surface area contributed by atoms with Crippen LogP contribution in [-0.2, 0) is 4.79 Å². The summed E-state index contributed by atoms with van der Waals surface area (Å²) in [6, 6.07) is 5.20. The maximum absolute atomic E-state index is 11.9. The van der Waals surface area contributed by atoms with Gasteiger partial charge in [-0.25, -0.2) is 0 Å². The van der Waals surface area contributed by atoms with Crippen LogP contribution in [0, 0.1) is 0 Å². The van der Waals surface area contributed by atoms with Crippen LogP contribution >= 0.6 is 47.2 Å². The van der Waals surface area contributed by atoms with Gasteiger partial charge in [-0.15, -0.1) is 24.0 Å². The summed E-state index contributed by atoms with van der Waals surface area (Å²) in [6.07, 6.45) is 0.347. The number of halogens is 3. The number of guanidine groups is 1. The van der Waals surface area contributed by atoms with Crippen LogP contribution in [0.2, 0.25) is 10.0 Å². The Morgan fingerprint density at radius 1 is 1.33 bits per heavy atom. The molecule has 1 aromatic rings. The van der Waals surface area contributed by atoms with Crippen LogP contribution in [0.1, 0.15) is 38.8 Å². The van der Waals surface area contributed by atoms with Gasteiger partial charge in [0.1, 0.15) is 0 Å². The number of nitrogens with two attached hydrogens (primary N) is 1. The molecule has 1 unspecified atom stereocenters. The third-order valence-corrected chi connectivity index (χ3v) is 4.08. The highest BCUT2D eigenvalue weighted by Gasteiger charge is 2.11. The van der Waals surface area contributed by atoms with E-state index in [-0.39, 0.29) is 41.9 Å². The van der Waals surface area contributed by atoms with Crippen LogP contribution in [0.4, 0.5) is 0 Å². The van der Waals surface area contributed by atoms with E-state index in [0.29, 0.717) is 36.1 Å². The zero-order chi connectivity index (χ0) is 17.4. The number of aliphatic imine (C=N–C) groups is 1. The van der Waals surface area contributed by atoms with E-state index in [4.69, 9.17) is 28.9 Å². The minimum atomic E-state index is -0.109. The molecule has 1 rings (SSSR count). The van der Waals surface area contributed by atoms with Gasteiger partial charge in [0.25, 0.3) is 0 Å². The number of hydrogen-bond acceptors (Lipinski definition) is 2. The second-order valence-corrected chi connectivity index (χ2v) is 5.96. The largest absolute Gasteiger partial charge is 0.370 e. The molecule has 0 aromatic heterocycles. The molecule has 0 aliphatic heterocycles. The summed E-state index contributed by atoms with van der Waals surface area (Å²) >= 11 is 12.1. The van der Waals surface area contributed by atoms with Gasteiger partial charge in [-0.05, 0) is 38.5 Å². The fourth-order valence-corrected chi connectivity index (χ4v) is 2.78. The van der Waals surface area contributed by atoms with Gasteiger partial charge in [-0.3, -0.25) is 9.79 Å². The normalized spacial score (nSPS) is 12.3. The fraction of sp³-hybridized carbons (Fsp3) is 0.500. The van der Waals surface area contributed by atoms with Crippen LogP contribution in [-0.4, -0.2) is 36.4 Å². The quantitative estimate of drug-likeness (QED) is 0.349. The van der Waals surface area contributed by atoms with Crippen LogP contribution in [0.3, 0.4) is 0 Å². The summed E-state index contributed by atoms with van der Waals surface area (Å²) < 4.78 is 0. The number of nitrogens with one attached hydrogen (secondary N) is 1. The minimum absolute atomic E-state index is 0. The average Bonchev–Trinajstić information content (AvgIpc) is 2.48. The minimum Gasteiger partial charge on any atom is -0.370 e. The standard InChI is InChI=1S/C16H24Cl2N4O.HI/c1-4-22(5-2)15(23)8-9-20-16(19)21-11(3)13-7-6-12(17)10-14(13)18;/h6-7,10-11H,4-5,8-9H2,1-3H3,(H3,19,20,21);1H. The number of benzene rings is 1. The molecular formula is C16H25Cl2IN4O. The number of carbonyl (C=O) groups is 1. The first-order valence-corrected chi connectivity index (χ1v) is 8.43. The Morgan fingerprint density at radius 2 is 1.96 bits per heavy atom. The zero-order valence-corrected chi connectivity index (χ0v) is 18.0. The van der Waals surface area contributed by atoms with E-state index in [1.165, 1.54) is 0 Å². The molecule has 3 N–H and O–H groups in total. The zero-order valence-electron chi connectivity index (χ0n) is 14.2. The van der Waals surface area contributed by atoms with Gasteiger partial charge in [0.2, 0.25) is 5.91 Å². The highest BCUT2D eigenvalue weighted by molar-refractivity contribution is 14.0. The monoisotopic (exact) mass is 486 g/mol. The van der Waals surface area contributed by atoms with Crippen molar-refractivity contribution >= 4 is 59.0 Å². The lowest BCUT2D eigenvalue weighted by molar-refractivity contribution is -0.130. The molecule has 0 spiro atoms. The molecule has 24 heavy (non-hydrogen) atoms. The Balaban J connectivity index is 0.00000529. The van der Waals surface area contributed by atoms with E-state index in [1.54, 1.807) is 17.0 Å². The van der Waals surface area contributed by atoms with Crippen molar-refractivity contribution in [2.24, 2.45) is 10.7 Å². The van der Waals surface area contributed by atoms with Crippen LogP contribution in [0.15, 0.2) is 23.2 Å². The van der Waals surface area contributed by atoms with Crippen LogP contribution < -0.4 is 11.1 Å². The molecule has 1 amide bonds.